The normalized spacial score (nSPS) is 10.3. The van der Waals surface area contributed by atoms with Crippen molar-refractivity contribution in [3.63, 3.8) is 0 Å². The van der Waals surface area contributed by atoms with Crippen LogP contribution < -0.4 is 5.32 Å². The molecule has 88 valence electrons. The maximum Gasteiger partial charge on any atom is 0.255 e. The number of rotatable bonds is 2. The molecule has 1 heterocycles. The first-order valence-electron chi connectivity index (χ1n) is 5.13. The summed E-state index contributed by atoms with van der Waals surface area (Å²) in [5.41, 5.74) is 2.01. The van der Waals surface area contributed by atoms with Crippen LogP contribution in [-0.4, -0.2) is 15.7 Å². The number of halogens is 1. The molecule has 0 fully saturated rings. The standard InChI is InChI=1S/C12H12ClN3O/c1-8-11(7-16(2)15-8)14-12(17)9-4-3-5-10(13)6-9/h3-7H,1-2H3,(H,14,17). The second-order valence-electron chi connectivity index (χ2n) is 3.77. The molecule has 0 saturated carbocycles. The van der Waals surface area contributed by atoms with E-state index in [1.807, 2.05) is 14.0 Å². The van der Waals surface area contributed by atoms with Gasteiger partial charge in [0.2, 0.25) is 0 Å². The number of amides is 1. The van der Waals surface area contributed by atoms with Crippen LogP contribution in [0.5, 0.6) is 0 Å². The van der Waals surface area contributed by atoms with Crippen LogP contribution in [0.15, 0.2) is 30.5 Å². The number of anilines is 1. The van der Waals surface area contributed by atoms with Crippen LogP contribution >= 0.6 is 11.6 Å². The zero-order chi connectivity index (χ0) is 12.4. The van der Waals surface area contributed by atoms with Gasteiger partial charge in [0, 0.05) is 23.8 Å². The lowest BCUT2D eigenvalue weighted by Crippen LogP contribution is -2.11. The number of aryl methyl sites for hydroxylation is 2. The highest BCUT2D eigenvalue weighted by Crippen LogP contribution is 2.15. The smallest absolute Gasteiger partial charge is 0.255 e. The summed E-state index contributed by atoms with van der Waals surface area (Å²) in [6.07, 6.45) is 1.76. The lowest BCUT2D eigenvalue weighted by Gasteiger charge is -2.03. The quantitative estimate of drug-likeness (QED) is 0.889. The Balaban J connectivity index is 2.20. The molecular formula is C12H12ClN3O. The number of nitrogens with zero attached hydrogens (tertiary/aromatic N) is 2. The van der Waals surface area contributed by atoms with Gasteiger partial charge in [0.25, 0.3) is 5.91 Å². The number of carbonyl (C=O) groups is 1. The molecule has 0 saturated heterocycles. The molecule has 5 heteroatoms. The van der Waals surface area contributed by atoms with Crippen LogP contribution in [-0.2, 0) is 7.05 Å². The third-order valence-corrected chi connectivity index (χ3v) is 2.58. The van der Waals surface area contributed by atoms with Crippen LogP contribution in [0.25, 0.3) is 0 Å². The van der Waals surface area contributed by atoms with Crippen molar-refractivity contribution in [2.45, 2.75) is 6.92 Å². The van der Waals surface area contributed by atoms with Crippen LogP contribution in [0.4, 0.5) is 5.69 Å². The second-order valence-corrected chi connectivity index (χ2v) is 4.20. The number of nitrogens with one attached hydrogen (secondary N) is 1. The molecule has 0 spiro atoms. The fourth-order valence-corrected chi connectivity index (χ4v) is 1.74. The van der Waals surface area contributed by atoms with Crippen molar-refractivity contribution < 1.29 is 4.79 Å². The van der Waals surface area contributed by atoms with E-state index >= 15 is 0 Å². The lowest BCUT2D eigenvalue weighted by molar-refractivity contribution is 0.102. The molecule has 0 radical (unpaired) electrons. The van der Waals surface area contributed by atoms with E-state index in [1.165, 1.54) is 0 Å². The van der Waals surface area contributed by atoms with E-state index < -0.39 is 0 Å². The molecule has 1 aromatic carbocycles. The second kappa shape index (κ2) is 4.59. The molecule has 1 aromatic heterocycles. The average Bonchev–Trinajstić information content (AvgIpc) is 2.57. The molecule has 0 unspecified atom stereocenters. The first-order valence-corrected chi connectivity index (χ1v) is 5.51. The van der Waals surface area contributed by atoms with Gasteiger partial charge in [-0.2, -0.15) is 5.10 Å². The third-order valence-electron chi connectivity index (χ3n) is 2.35. The van der Waals surface area contributed by atoms with Gasteiger partial charge in [-0.25, -0.2) is 0 Å². The van der Waals surface area contributed by atoms with E-state index in [0.29, 0.717) is 16.3 Å². The van der Waals surface area contributed by atoms with Gasteiger partial charge in [-0.15, -0.1) is 0 Å². The first-order chi connectivity index (χ1) is 8.06. The Morgan fingerprint density at radius 3 is 2.82 bits per heavy atom. The largest absolute Gasteiger partial charge is 0.319 e. The van der Waals surface area contributed by atoms with E-state index in [1.54, 1.807) is 35.1 Å². The molecule has 0 aliphatic heterocycles. The molecule has 4 nitrogen and oxygen atoms in total. The molecular weight excluding hydrogens is 238 g/mol. The highest BCUT2D eigenvalue weighted by atomic mass is 35.5. The van der Waals surface area contributed by atoms with Crippen LogP contribution in [0.2, 0.25) is 5.02 Å². The van der Waals surface area contributed by atoms with Gasteiger partial charge in [0.1, 0.15) is 0 Å². The van der Waals surface area contributed by atoms with Crippen molar-refractivity contribution in [3.05, 3.63) is 46.7 Å². The summed E-state index contributed by atoms with van der Waals surface area (Å²) in [5, 5.41) is 7.49. The van der Waals surface area contributed by atoms with E-state index in [9.17, 15) is 4.79 Å². The molecule has 2 rings (SSSR count). The Hall–Kier alpha value is -1.81. The van der Waals surface area contributed by atoms with Crippen molar-refractivity contribution in [2.24, 2.45) is 7.05 Å². The van der Waals surface area contributed by atoms with Crippen LogP contribution in [0.1, 0.15) is 16.1 Å². The zero-order valence-electron chi connectivity index (χ0n) is 9.57. The highest BCUT2D eigenvalue weighted by molar-refractivity contribution is 6.31. The number of hydrogen-bond donors (Lipinski definition) is 1. The number of aromatic nitrogens is 2. The van der Waals surface area contributed by atoms with E-state index in [-0.39, 0.29) is 5.91 Å². The summed E-state index contributed by atoms with van der Waals surface area (Å²) < 4.78 is 1.66. The van der Waals surface area contributed by atoms with Crippen molar-refractivity contribution in [1.82, 2.24) is 9.78 Å². The molecule has 0 bridgehead atoms. The van der Waals surface area contributed by atoms with Crippen molar-refractivity contribution in [2.75, 3.05) is 5.32 Å². The maximum absolute atomic E-state index is 11.9. The van der Waals surface area contributed by atoms with Gasteiger partial charge in [-0.3, -0.25) is 9.48 Å². The van der Waals surface area contributed by atoms with Crippen LogP contribution in [0.3, 0.4) is 0 Å². The van der Waals surface area contributed by atoms with E-state index in [4.69, 9.17) is 11.6 Å². The monoisotopic (exact) mass is 249 g/mol. The Morgan fingerprint density at radius 1 is 1.47 bits per heavy atom. The molecule has 1 amide bonds. The topological polar surface area (TPSA) is 46.9 Å². The Morgan fingerprint density at radius 2 is 2.24 bits per heavy atom. The van der Waals surface area contributed by atoms with Gasteiger partial charge >= 0.3 is 0 Å². The summed E-state index contributed by atoms with van der Waals surface area (Å²) in [6, 6.07) is 6.82. The highest BCUT2D eigenvalue weighted by Gasteiger charge is 2.09. The van der Waals surface area contributed by atoms with Crippen molar-refractivity contribution >= 4 is 23.2 Å². The number of benzene rings is 1. The molecule has 17 heavy (non-hydrogen) atoms. The summed E-state index contributed by atoms with van der Waals surface area (Å²) in [7, 11) is 1.81. The van der Waals surface area contributed by atoms with Gasteiger partial charge in [0.15, 0.2) is 0 Å². The molecule has 0 atom stereocenters. The molecule has 0 aliphatic carbocycles. The molecule has 0 aliphatic rings. The average molecular weight is 250 g/mol. The summed E-state index contributed by atoms with van der Waals surface area (Å²) in [6.45, 7) is 1.84. The maximum atomic E-state index is 11.9. The third kappa shape index (κ3) is 2.65. The van der Waals surface area contributed by atoms with Crippen molar-refractivity contribution in [1.29, 1.82) is 0 Å². The fourth-order valence-electron chi connectivity index (χ4n) is 1.55. The van der Waals surface area contributed by atoms with Gasteiger partial charge in [-0.1, -0.05) is 17.7 Å². The first kappa shape index (κ1) is 11.7. The minimum atomic E-state index is -0.191. The summed E-state index contributed by atoms with van der Waals surface area (Å²) in [4.78, 5) is 11.9. The molecule has 2 aromatic rings. The Kier molecular flexibility index (Phi) is 3.15. The van der Waals surface area contributed by atoms with Gasteiger partial charge in [0.05, 0.1) is 11.4 Å². The SMILES string of the molecule is Cc1nn(C)cc1NC(=O)c1cccc(Cl)c1. The van der Waals surface area contributed by atoms with E-state index in [0.717, 1.165) is 5.69 Å². The van der Waals surface area contributed by atoms with Gasteiger partial charge in [-0.05, 0) is 25.1 Å². The van der Waals surface area contributed by atoms with E-state index in [2.05, 4.69) is 10.4 Å². The fraction of sp³-hybridized carbons (Fsp3) is 0.167. The lowest BCUT2D eigenvalue weighted by atomic mass is 10.2. The summed E-state index contributed by atoms with van der Waals surface area (Å²) in [5.74, 6) is -0.191. The zero-order valence-corrected chi connectivity index (χ0v) is 10.3. The predicted octanol–water partition coefficient (Wildman–Crippen LogP) is 2.63. The number of hydrogen-bond acceptors (Lipinski definition) is 2. The molecule has 1 N–H and O–H groups in total. The summed E-state index contributed by atoms with van der Waals surface area (Å²) >= 11 is 5.83. The van der Waals surface area contributed by atoms with Crippen LogP contribution in [0, 0.1) is 6.92 Å². The Bertz CT molecular complexity index is 563. The predicted molar refractivity (Wildman–Crippen MR) is 67.4 cm³/mol. The number of carbonyl (C=O) groups excluding carboxylic acids is 1. The minimum Gasteiger partial charge on any atom is -0.319 e. The minimum absolute atomic E-state index is 0.191. The Labute approximate surface area is 104 Å². The van der Waals surface area contributed by atoms with Gasteiger partial charge < -0.3 is 5.32 Å². The van der Waals surface area contributed by atoms with Crippen molar-refractivity contribution in [3.8, 4) is 0 Å².